The average Bonchev–Trinajstić information content (AvgIpc) is 3.15. The topological polar surface area (TPSA) is 122 Å². The lowest BCUT2D eigenvalue weighted by Crippen LogP contribution is -2.33. The fraction of sp³-hybridized carbons (Fsp3) is 0.450. The number of halogens is 1. The smallest absolute Gasteiger partial charge is 0.341 e. The number of aromatic nitrogens is 1. The second-order valence-electron chi connectivity index (χ2n) is 7.70. The lowest BCUT2D eigenvalue weighted by molar-refractivity contribution is 0.0694. The number of hydrogen-bond donors (Lipinski definition) is 2. The second kappa shape index (κ2) is 7.04. The number of anilines is 1. The van der Waals surface area contributed by atoms with Crippen LogP contribution < -0.4 is 20.8 Å². The molecule has 152 valence electrons. The number of pyridine rings is 1. The molecular weight excluding hydrogens is 379 g/mol. The van der Waals surface area contributed by atoms with Gasteiger partial charge in [0.15, 0.2) is 11.6 Å². The molecule has 1 unspecified atom stereocenters. The number of hydrogen-bond acceptors (Lipinski definition) is 6. The Kier molecular flexibility index (Phi) is 4.67. The number of rotatable bonds is 4. The molecule has 3 atom stereocenters. The van der Waals surface area contributed by atoms with Crippen LogP contribution in [0.25, 0.3) is 10.9 Å². The quantitative estimate of drug-likeness (QED) is 0.803. The maximum atomic E-state index is 15.2. The van der Waals surface area contributed by atoms with Gasteiger partial charge in [-0.1, -0.05) is 0 Å². The van der Waals surface area contributed by atoms with Crippen LogP contribution in [0.1, 0.15) is 36.2 Å². The van der Waals surface area contributed by atoms with E-state index in [1.165, 1.54) is 6.20 Å². The van der Waals surface area contributed by atoms with Crippen LogP contribution in [-0.2, 0) is 0 Å². The second-order valence-corrected chi connectivity index (χ2v) is 7.70. The largest absolute Gasteiger partial charge is 0.487 e. The SMILES string of the molecule is CC1COc2c(N3CC[C@@H]([C@@H](N)CC#N)C3)c(F)cc3c(=O)c(C(=O)O)cn1c23. The summed E-state index contributed by atoms with van der Waals surface area (Å²) in [5.41, 5.74) is 5.60. The lowest BCUT2D eigenvalue weighted by atomic mass is 9.98. The van der Waals surface area contributed by atoms with Crippen LogP contribution >= 0.6 is 0 Å². The van der Waals surface area contributed by atoms with Gasteiger partial charge in [-0.3, -0.25) is 4.79 Å². The van der Waals surface area contributed by atoms with Gasteiger partial charge in [0.25, 0.3) is 0 Å². The van der Waals surface area contributed by atoms with E-state index in [2.05, 4.69) is 6.07 Å². The van der Waals surface area contributed by atoms with E-state index in [-0.39, 0.29) is 47.9 Å². The van der Waals surface area contributed by atoms with Crippen LogP contribution in [0.5, 0.6) is 5.75 Å². The number of nitriles is 1. The number of ether oxygens (including phenoxy) is 1. The maximum absolute atomic E-state index is 15.2. The number of benzene rings is 1. The molecule has 2 aliphatic rings. The van der Waals surface area contributed by atoms with Crippen molar-refractivity contribution < 1.29 is 19.0 Å². The van der Waals surface area contributed by atoms with Crippen molar-refractivity contribution in [2.24, 2.45) is 11.7 Å². The van der Waals surface area contributed by atoms with E-state index in [1.807, 2.05) is 11.8 Å². The molecule has 0 spiro atoms. The third-order valence-electron chi connectivity index (χ3n) is 5.85. The fourth-order valence-electron chi connectivity index (χ4n) is 4.27. The molecule has 3 heterocycles. The number of aromatic carboxylic acids is 1. The van der Waals surface area contributed by atoms with Gasteiger partial charge in [0.1, 0.15) is 17.9 Å². The molecule has 1 aromatic heterocycles. The fourth-order valence-corrected chi connectivity index (χ4v) is 4.27. The summed E-state index contributed by atoms with van der Waals surface area (Å²) in [6.45, 7) is 3.10. The lowest BCUT2D eigenvalue weighted by Gasteiger charge is -2.31. The highest BCUT2D eigenvalue weighted by atomic mass is 19.1. The number of carboxylic acids is 1. The molecule has 3 N–H and O–H groups in total. The summed E-state index contributed by atoms with van der Waals surface area (Å²) in [5, 5.41) is 18.2. The standard InChI is InChI=1S/C20H21FN4O4/c1-10-9-29-19-16-12(18(26)13(20(27)28)8-25(10)16)6-14(21)17(19)24-5-3-11(7-24)15(23)2-4-22/h6,8,10-11,15H,2-3,5,7,9,23H2,1H3,(H,27,28)/t10?,11-,15+/m1/s1. The molecule has 8 nitrogen and oxygen atoms in total. The number of nitrogens with zero attached hydrogens (tertiary/aromatic N) is 3. The van der Waals surface area contributed by atoms with Gasteiger partial charge >= 0.3 is 5.97 Å². The molecular formula is C20H21FN4O4. The van der Waals surface area contributed by atoms with Gasteiger partial charge in [-0.05, 0) is 25.3 Å². The third-order valence-corrected chi connectivity index (χ3v) is 5.85. The van der Waals surface area contributed by atoms with Crippen LogP contribution in [0.3, 0.4) is 0 Å². The van der Waals surface area contributed by atoms with Gasteiger partial charge in [0.05, 0.1) is 29.4 Å². The first kappa shape index (κ1) is 19.2. The van der Waals surface area contributed by atoms with E-state index in [9.17, 15) is 14.7 Å². The van der Waals surface area contributed by atoms with E-state index in [4.69, 9.17) is 15.7 Å². The van der Waals surface area contributed by atoms with Crippen molar-refractivity contribution in [3.8, 4) is 11.8 Å². The van der Waals surface area contributed by atoms with Crippen molar-refractivity contribution in [1.29, 1.82) is 5.26 Å². The van der Waals surface area contributed by atoms with Crippen molar-refractivity contribution >= 4 is 22.6 Å². The minimum Gasteiger partial charge on any atom is -0.487 e. The zero-order valence-corrected chi connectivity index (χ0v) is 15.9. The number of carbonyl (C=O) groups is 1. The Morgan fingerprint density at radius 1 is 1.55 bits per heavy atom. The summed E-state index contributed by atoms with van der Waals surface area (Å²) in [4.78, 5) is 26.0. The Morgan fingerprint density at radius 3 is 3.00 bits per heavy atom. The van der Waals surface area contributed by atoms with Crippen LogP contribution in [0.2, 0.25) is 0 Å². The summed E-state index contributed by atoms with van der Waals surface area (Å²) in [6.07, 6.45) is 2.26. The molecule has 1 fully saturated rings. The third kappa shape index (κ3) is 3.00. The Morgan fingerprint density at radius 2 is 2.31 bits per heavy atom. The first-order valence-corrected chi connectivity index (χ1v) is 9.48. The molecule has 0 bridgehead atoms. The van der Waals surface area contributed by atoms with Gasteiger partial charge < -0.3 is 25.0 Å². The van der Waals surface area contributed by atoms with Gasteiger partial charge in [0.2, 0.25) is 5.43 Å². The van der Waals surface area contributed by atoms with E-state index in [1.54, 1.807) is 4.57 Å². The van der Waals surface area contributed by atoms with E-state index >= 15 is 4.39 Å². The molecule has 1 saturated heterocycles. The molecule has 0 amide bonds. The van der Waals surface area contributed by atoms with Gasteiger partial charge in [-0.2, -0.15) is 5.26 Å². The number of carboxylic acid groups (broad SMARTS) is 1. The molecule has 29 heavy (non-hydrogen) atoms. The summed E-state index contributed by atoms with van der Waals surface area (Å²) < 4.78 is 22.7. The molecule has 2 aliphatic heterocycles. The minimum atomic E-state index is -1.35. The van der Waals surface area contributed by atoms with Crippen LogP contribution in [0.15, 0.2) is 17.1 Å². The van der Waals surface area contributed by atoms with Crippen LogP contribution in [0, 0.1) is 23.1 Å². The zero-order chi connectivity index (χ0) is 20.9. The van der Waals surface area contributed by atoms with Gasteiger partial charge in [0, 0.05) is 25.3 Å². The Labute approximate surface area is 165 Å². The van der Waals surface area contributed by atoms with E-state index in [0.717, 1.165) is 12.5 Å². The monoisotopic (exact) mass is 400 g/mol. The molecule has 2 aromatic rings. The number of nitrogens with two attached hydrogens (primary N) is 1. The van der Waals surface area contributed by atoms with Gasteiger partial charge in [-0.15, -0.1) is 0 Å². The first-order valence-electron chi connectivity index (χ1n) is 9.48. The molecule has 0 aliphatic carbocycles. The van der Waals surface area contributed by atoms with E-state index in [0.29, 0.717) is 18.6 Å². The van der Waals surface area contributed by atoms with E-state index < -0.39 is 22.8 Å². The molecule has 9 heteroatoms. The Hall–Kier alpha value is -3.12. The summed E-state index contributed by atoms with van der Waals surface area (Å²) in [6, 6.07) is 2.67. The van der Waals surface area contributed by atoms with Crippen molar-refractivity contribution in [3.63, 3.8) is 0 Å². The first-order chi connectivity index (χ1) is 13.8. The molecule has 1 aromatic carbocycles. The predicted octanol–water partition coefficient (Wildman–Crippen LogP) is 1.86. The van der Waals surface area contributed by atoms with Gasteiger partial charge in [-0.25, -0.2) is 9.18 Å². The Bertz CT molecular complexity index is 1110. The summed E-state index contributed by atoms with van der Waals surface area (Å²) in [7, 11) is 0. The highest BCUT2D eigenvalue weighted by Crippen LogP contribution is 2.43. The maximum Gasteiger partial charge on any atom is 0.341 e. The predicted molar refractivity (Wildman–Crippen MR) is 104 cm³/mol. The van der Waals surface area contributed by atoms with Crippen molar-refractivity contribution in [1.82, 2.24) is 4.57 Å². The molecule has 0 saturated carbocycles. The highest BCUT2D eigenvalue weighted by molar-refractivity contribution is 5.97. The van der Waals surface area contributed by atoms with Crippen molar-refractivity contribution in [3.05, 3.63) is 33.9 Å². The highest BCUT2D eigenvalue weighted by Gasteiger charge is 2.34. The summed E-state index contributed by atoms with van der Waals surface area (Å²) in [5.74, 6) is -1.68. The van der Waals surface area contributed by atoms with Crippen molar-refractivity contribution in [2.75, 3.05) is 24.6 Å². The van der Waals surface area contributed by atoms with Crippen molar-refractivity contribution in [2.45, 2.75) is 31.8 Å². The minimum absolute atomic E-state index is 0.00960. The Balaban J connectivity index is 1.87. The van der Waals surface area contributed by atoms with Crippen LogP contribution in [-0.4, -0.2) is 41.4 Å². The molecule has 4 rings (SSSR count). The summed E-state index contributed by atoms with van der Waals surface area (Å²) >= 11 is 0. The van der Waals surface area contributed by atoms with Crippen LogP contribution in [0.4, 0.5) is 10.1 Å². The average molecular weight is 400 g/mol. The molecule has 0 radical (unpaired) electrons. The zero-order valence-electron chi connectivity index (χ0n) is 15.9. The normalized spacial score (nSPS) is 21.7.